The van der Waals surface area contributed by atoms with Crippen molar-refractivity contribution in [2.75, 3.05) is 0 Å². The molecule has 5 heteroatoms. The van der Waals surface area contributed by atoms with Crippen molar-refractivity contribution in [1.29, 1.82) is 0 Å². The molecule has 0 bridgehead atoms. The predicted octanol–water partition coefficient (Wildman–Crippen LogP) is 5.49. The van der Waals surface area contributed by atoms with E-state index >= 15 is 0 Å². The van der Waals surface area contributed by atoms with Crippen LogP contribution in [0.3, 0.4) is 0 Å². The number of carbonyl (C=O) groups is 2. The minimum absolute atomic E-state index is 0.0267. The van der Waals surface area contributed by atoms with Crippen LogP contribution >= 0.6 is 15.9 Å². The number of likely N-dealkylation sites (tertiary alicyclic amines) is 1. The van der Waals surface area contributed by atoms with Crippen LogP contribution < -0.4 is 0 Å². The molecule has 5 rings (SSSR count). The SMILES string of the molecule is C[C@]12CC[C@H](O)CC1=CC[C@@H]1[C@@H]2CC[C@@]2(C)[C@H]1CCC(=O)N2C(=O)c1cccc(Br)c1. The highest BCUT2D eigenvalue weighted by molar-refractivity contribution is 9.10. The summed E-state index contributed by atoms with van der Waals surface area (Å²) in [7, 11) is 0. The van der Waals surface area contributed by atoms with Gasteiger partial charge in [-0.15, -0.1) is 0 Å². The van der Waals surface area contributed by atoms with Crippen LogP contribution in [0.5, 0.6) is 0 Å². The van der Waals surface area contributed by atoms with Crippen molar-refractivity contribution in [3.05, 3.63) is 46.0 Å². The average Bonchev–Trinajstić information content (AvgIpc) is 2.73. The summed E-state index contributed by atoms with van der Waals surface area (Å²) in [6, 6.07) is 7.38. The van der Waals surface area contributed by atoms with Crippen LogP contribution in [0.15, 0.2) is 40.4 Å². The Morgan fingerprint density at radius 1 is 1.16 bits per heavy atom. The summed E-state index contributed by atoms with van der Waals surface area (Å²) in [5.74, 6) is 1.22. The Balaban J connectivity index is 1.49. The fourth-order valence-electron chi connectivity index (χ4n) is 7.52. The van der Waals surface area contributed by atoms with Gasteiger partial charge in [-0.2, -0.15) is 0 Å². The van der Waals surface area contributed by atoms with Gasteiger partial charge in [-0.25, -0.2) is 0 Å². The Bertz CT molecular complexity index is 958. The molecule has 4 aliphatic rings. The lowest BCUT2D eigenvalue weighted by Gasteiger charge is -2.61. The van der Waals surface area contributed by atoms with E-state index in [2.05, 4.69) is 35.9 Å². The molecule has 6 atom stereocenters. The standard InChI is InChI=1S/C26H32BrNO3/c1-25-12-10-19(29)15-17(25)6-7-20-21(25)11-13-26(2)22(20)8-9-23(30)28(26)24(31)16-4-3-5-18(27)14-16/h3-6,14,19-22,29H,7-13,15H2,1-2H3/t19-,20+,21-,22-,25-,26-/m0/s1. The fourth-order valence-corrected chi connectivity index (χ4v) is 7.92. The van der Waals surface area contributed by atoms with Crippen molar-refractivity contribution < 1.29 is 14.7 Å². The van der Waals surface area contributed by atoms with Gasteiger partial charge in [-0.1, -0.05) is 40.6 Å². The molecule has 4 nitrogen and oxygen atoms in total. The van der Waals surface area contributed by atoms with Crippen LogP contribution in [-0.2, 0) is 4.79 Å². The summed E-state index contributed by atoms with van der Waals surface area (Å²) in [5.41, 5.74) is 1.76. The number of rotatable bonds is 1. The Hall–Kier alpha value is -1.46. The van der Waals surface area contributed by atoms with Crippen molar-refractivity contribution in [2.45, 2.75) is 76.9 Å². The number of amides is 2. The molecule has 0 aromatic heterocycles. The molecule has 2 saturated carbocycles. The van der Waals surface area contributed by atoms with E-state index in [0.29, 0.717) is 29.7 Å². The van der Waals surface area contributed by atoms with E-state index in [-0.39, 0.29) is 23.3 Å². The largest absolute Gasteiger partial charge is 0.393 e. The Morgan fingerprint density at radius 2 is 1.97 bits per heavy atom. The van der Waals surface area contributed by atoms with E-state index in [4.69, 9.17) is 0 Å². The summed E-state index contributed by atoms with van der Waals surface area (Å²) in [5, 5.41) is 10.2. The monoisotopic (exact) mass is 485 g/mol. The first-order valence-electron chi connectivity index (χ1n) is 11.7. The number of hydrogen-bond donors (Lipinski definition) is 1. The molecular formula is C26H32BrNO3. The number of hydrogen-bond acceptors (Lipinski definition) is 3. The lowest BCUT2D eigenvalue weighted by Crippen LogP contribution is -2.65. The lowest BCUT2D eigenvalue weighted by atomic mass is 9.48. The van der Waals surface area contributed by atoms with Gasteiger partial charge in [0.05, 0.1) is 11.6 Å². The minimum atomic E-state index is -0.425. The predicted molar refractivity (Wildman–Crippen MR) is 123 cm³/mol. The Kier molecular flexibility index (Phi) is 5.21. The molecule has 1 aromatic rings. The molecule has 1 aliphatic heterocycles. The molecule has 3 fully saturated rings. The highest BCUT2D eigenvalue weighted by Crippen LogP contribution is 2.61. The third-order valence-electron chi connectivity index (χ3n) is 9.14. The Labute approximate surface area is 193 Å². The zero-order valence-electron chi connectivity index (χ0n) is 18.4. The molecule has 1 aromatic carbocycles. The maximum atomic E-state index is 13.6. The van der Waals surface area contributed by atoms with Gasteiger partial charge < -0.3 is 5.11 Å². The van der Waals surface area contributed by atoms with E-state index in [0.717, 1.165) is 49.4 Å². The first-order chi connectivity index (χ1) is 14.7. The van der Waals surface area contributed by atoms with E-state index in [9.17, 15) is 14.7 Å². The minimum Gasteiger partial charge on any atom is -0.393 e. The van der Waals surface area contributed by atoms with Gasteiger partial charge in [0.1, 0.15) is 0 Å². The zero-order valence-corrected chi connectivity index (χ0v) is 20.0. The molecule has 1 N–H and O–H groups in total. The van der Waals surface area contributed by atoms with Gasteiger partial charge in [0.25, 0.3) is 5.91 Å². The molecule has 2 amide bonds. The molecule has 31 heavy (non-hydrogen) atoms. The molecule has 3 aliphatic carbocycles. The first-order valence-corrected chi connectivity index (χ1v) is 12.5. The van der Waals surface area contributed by atoms with Crippen molar-refractivity contribution in [1.82, 2.24) is 4.90 Å². The second-order valence-electron chi connectivity index (χ2n) is 10.6. The molecule has 1 saturated heterocycles. The van der Waals surface area contributed by atoms with Gasteiger partial charge in [-0.05, 0) is 93.2 Å². The second kappa shape index (κ2) is 7.55. The normalized spacial score (nSPS) is 39.8. The van der Waals surface area contributed by atoms with Gasteiger partial charge in [0.15, 0.2) is 0 Å². The number of aliphatic hydroxyl groups is 1. The average molecular weight is 486 g/mol. The number of benzene rings is 1. The van der Waals surface area contributed by atoms with Crippen molar-refractivity contribution in [2.24, 2.45) is 23.2 Å². The number of carbonyl (C=O) groups excluding carboxylic acids is 2. The number of aliphatic hydroxyl groups excluding tert-OH is 1. The number of piperidine rings is 1. The highest BCUT2D eigenvalue weighted by atomic mass is 79.9. The third-order valence-corrected chi connectivity index (χ3v) is 9.63. The fraction of sp³-hybridized carbons (Fsp3) is 0.615. The number of halogens is 1. The van der Waals surface area contributed by atoms with Gasteiger partial charge in [0.2, 0.25) is 5.91 Å². The Morgan fingerprint density at radius 3 is 2.74 bits per heavy atom. The summed E-state index contributed by atoms with van der Waals surface area (Å²) in [4.78, 5) is 28.3. The smallest absolute Gasteiger partial charge is 0.261 e. The molecule has 0 spiro atoms. The molecular weight excluding hydrogens is 454 g/mol. The number of nitrogens with zero attached hydrogens (tertiary/aromatic N) is 1. The molecule has 166 valence electrons. The van der Waals surface area contributed by atoms with Crippen LogP contribution in [0.4, 0.5) is 0 Å². The van der Waals surface area contributed by atoms with Crippen LogP contribution in [0.25, 0.3) is 0 Å². The van der Waals surface area contributed by atoms with Crippen LogP contribution in [0.2, 0.25) is 0 Å². The van der Waals surface area contributed by atoms with Crippen LogP contribution in [0, 0.1) is 23.2 Å². The maximum Gasteiger partial charge on any atom is 0.261 e. The van der Waals surface area contributed by atoms with Gasteiger partial charge in [0, 0.05) is 16.5 Å². The number of imide groups is 1. The van der Waals surface area contributed by atoms with Gasteiger partial charge >= 0.3 is 0 Å². The van der Waals surface area contributed by atoms with E-state index in [1.54, 1.807) is 4.90 Å². The zero-order chi connectivity index (χ0) is 22.0. The summed E-state index contributed by atoms with van der Waals surface area (Å²) in [6.07, 6.45) is 9.18. The summed E-state index contributed by atoms with van der Waals surface area (Å²) < 4.78 is 0.852. The van der Waals surface area contributed by atoms with Crippen molar-refractivity contribution >= 4 is 27.7 Å². The van der Waals surface area contributed by atoms with E-state index < -0.39 is 5.54 Å². The highest BCUT2D eigenvalue weighted by Gasteiger charge is 2.59. The molecule has 0 radical (unpaired) electrons. The third kappa shape index (κ3) is 3.26. The molecule has 0 unspecified atom stereocenters. The lowest BCUT2D eigenvalue weighted by molar-refractivity contribution is -0.150. The maximum absolute atomic E-state index is 13.6. The molecule has 1 heterocycles. The number of fused-ring (bicyclic) bond motifs is 5. The second-order valence-corrected chi connectivity index (χ2v) is 11.6. The number of allylic oxidation sites excluding steroid dienone is 1. The quantitative estimate of drug-likeness (QED) is 0.422. The van der Waals surface area contributed by atoms with Gasteiger partial charge in [-0.3, -0.25) is 14.5 Å². The van der Waals surface area contributed by atoms with Crippen molar-refractivity contribution in [3.8, 4) is 0 Å². The van der Waals surface area contributed by atoms with Crippen molar-refractivity contribution in [3.63, 3.8) is 0 Å². The summed E-state index contributed by atoms with van der Waals surface area (Å²) >= 11 is 3.46. The van der Waals surface area contributed by atoms with E-state index in [1.807, 2.05) is 24.3 Å². The first kappa shape index (κ1) is 21.4. The van der Waals surface area contributed by atoms with Crippen LogP contribution in [0.1, 0.15) is 75.6 Å². The summed E-state index contributed by atoms with van der Waals surface area (Å²) in [6.45, 7) is 4.57. The topological polar surface area (TPSA) is 57.6 Å². The van der Waals surface area contributed by atoms with Crippen LogP contribution in [-0.4, -0.2) is 33.5 Å². The van der Waals surface area contributed by atoms with E-state index in [1.165, 1.54) is 5.57 Å².